The van der Waals surface area contributed by atoms with Crippen molar-refractivity contribution in [1.29, 1.82) is 0 Å². The number of rotatable bonds is 3. The zero-order chi connectivity index (χ0) is 20.2. The van der Waals surface area contributed by atoms with Gasteiger partial charge in [-0.3, -0.25) is 9.59 Å². The van der Waals surface area contributed by atoms with E-state index in [1.54, 1.807) is 12.2 Å². The number of hydrogen-bond donors (Lipinski definition) is 0. The van der Waals surface area contributed by atoms with Crippen molar-refractivity contribution >= 4 is 17.4 Å². The molecule has 0 saturated carbocycles. The summed E-state index contributed by atoms with van der Waals surface area (Å²) in [5.74, 6) is 0.393. The number of esters is 1. The van der Waals surface area contributed by atoms with Crippen LogP contribution in [0, 0.1) is 0 Å². The average molecular weight is 389 g/mol. The minimum absolute atomic E-state index is 0.0499. The van der Waals surface area contributed by atoms with Crippen molar-refractivity contribution in [1.82, 2.24) is 0 Å². The maximum Gasteiger partial charge on any atom is 0.307 e. The first-order valence-corrected chi connectivity index (χ1v) is 10.1. The molecule has 0 amide bonds. The predicted molar refractivity (Wildman–Crippen MR) is 109 cm³/mol. The van der Waals surface area contributed by atoms with Crippen molar-refractivity contribution in [3.63, 3.8) is 0 Å². The number of fused-ring (bicyclic) bond motifs is 5. The number of para-hydroxylation sites is 1. The van der Waals surface area contributed by atoms with Gasteiger partial charge in [0.1, 0.15) is 11.9 Å². The van der Waals surface area contributed by atoms with Gasteiger partial charge in [-0.25, -0.2) is 0 Å². The van der Waals surface area contributed by atoms with Gasteiger partial charge in [0.25, 0.3) is 0 Å². The van der Waals surface area contributed by atoms with Crippen LogP contribution in [-0.2, 0) is 24.5 Å². The van der Waals surface area contributed by atoms with Crippen LogP contribution < -0.4 is 4.90 Å². The third kappa shape index (κ3) is 2.68. The Hall–Kier alpha value is -3.08. The van der Waals surface area contributed by atoms with Gasteiger partial charge in [-0.2, -0.15) is 0 Å². The second kappa shape index (κ2) is 6.48. The molecular formula is C24H23NO4. The highest BCUT2D eigenvalue weighted by Crippen LogP contribution is 2.54. The van der Waals surface area contributed by atoms with Gasteiger partial charge in [-0.15, -0.1) is 0 Å². The second-order valence-corrected chi connectivity index (χ2v) is 8.03. The molecule has 1 aromatic carbocycles. The van der Waals surface area contributed by atoms with E-state index in [9.17, 15) is 9.59 Å². The molecule has 1 aliphatic carbocycles. The first kappa shape index (κ1) is 18.0. The molecule has 148 valence electrons. The predicted octanol–water partition coefficient (Wildman–Crippen LogP) is 3.72. The van der Waals surface area contributed by atoms with Crippen LogP contribution in [0.4, 0.5) is 5.69 Å². The standard InChI is InChI=1S/C24H23NO4/c1-3-28-22(27)14-24(2)18-6-4-5-7-19(18)25-11-10-20-17(23(24)25)12-15-8-9-16(26)13-21(15)29-20/h4-9,12-13,20H,3,10-11,14H2,1-2H3. The lowest BCUT2D eigenvalue weighted by Gasteiger charge is -2.40. The van der Waals surface area contributed by atoms with E-state index in [1.165, 1.54) is 0 Å². The van der Waals surface area contributed by atoms with Gasteiger partial charge in [0.15, 0.2) is 5.78 Å². The van der Waals surface area contributed by atoms with Gasteiger partial charge in [-0.1, -0.05) is 18.2 Å². The van der Waals surface area contributed by atoms with E-state index in [0.29, 0.717) is 12.4 Å². The molecular weight excluding hydrogens is 366 g/mol. The van der Waals surface area contributed by atoms with Gasteiger partial charge >= 0.3 is 5.97 Å². The number of ketones is 1. The fourth-order valence-electron chi connectivity index (χ4n) is 5.00. The summed E-state index contributed by atoms with van der Waals surface area (Å²) >= 11 is 0. The lowest BCUT2D eigenvalue weighted by Crippen LogP contribution is -2.41. The minimum Gasteiger partial charge on any atom is -0.485 e. The minimum atomic E-state index is -0.493. The van der Waals surface area contributed by atoms with Crippen LogP contribution in [0.2, 0.25) is 0 Å². The Morgan fingerprint density at radius 1 is 1.28 bits per heavy atom. The largest absolute Gasteiger partial charge is 0.485 e. The fraction of sp³-hybridized carbons (Fsp3) is 0.333. The van der Waals surface area contributed by atoms with E-state index in [4.69, 9.17) is 9.47 Å². The third-order valence-corrected chi connectivity index (χ3v) is 6.19. The molecule has 0 aromatic heterocycles. The molecule has 2 atom stereocenters. The van der Waals surface area contributed by atoms with Crippen molar-refractivity contribution in [2.24, 2.45) is 0 Å². The number of nitrogens with zero attached hydrogens (tertiary/aromatic N) is 1. The Balaban J connectivity index is 1.69. The van der Waals surface area contributed by atoms with E-state index in [1.807, 2.05) is 25.1 Å². The Labute approximate surface area is 170 Å². The van der Waals surface area contributed by atoms with Crippen LogP contribution in [-0.4, -0.2) is 31.0 Å². The quantitative estimate of drug-likeness (QED) is 0.738. The summed E-state index contributed by atoms with van der Waals surface area (Å²) < 4.78 is 11.6. The van der Waals surface area contributed by atoms with Crippen LogP contribution in [0.25, 0.3) is 0 Å². The van der Waals surface area contributed by atoms with Crippen LogP contribution in [0.15, 0.2) is 71.2 Å². The molecule has 5 rings (SSSR count). The first-order valence-electron chi connectivity index (χ1n) is 10.1. The topological polar surface area (TPSA) is 55.8 Å². The summed E-state index contributed by atoms with van der Waals surface area (Å²) in [6, 6.07) is 8.29. The second-order valence-electron chi connectivity index (χ2n) is 8.03. The van der Waals surface area contributed by atoms with Crippen LogP contribution in [0.5, 0.6) is 0 Å². The Morgan fingerprint density at radius 3 is 2.93 bits per heavy atom. The molecule has 0 bridgehead atoms. The average Bonchev–Trinajstić information content (AvgIpc) is 2.96. The zero-order valence-electron chi connectivity index (χ0n) is 16.6. The van der Waals surface area contributed by atoms with E-state index in [-0.39, 0.29) is 24.3 Å². The molecule has 2 unspecified atom stereocenters. The molecule has 5 nitrogen and oxygen atoms in total. The molecule has 5 heteroatoms. The highest BCUT2D eigenvalue weighted by atomic mass is 16.5. The molecule has 0 saturated heterocycles. The highest BCUT2D eigenvalue weighted by Gasteiger charge is 2.50. The van der Waals surface area contributed by atoms with E-state index in [2.05, 4.69) is 30.0 Å². The van der Waals surface area contributed by atoms with Crippen LogP contribution in [0.1, 0.15) is 32.3 Å². The van der Waals surface area contributed by atoms with E-state index >= 15 is 0 Å². The maximum absolute atomic E-state index is 12.5. The van der Waals surface area contributed by atoms with Crippen molar-refractivity contribution < 1.29 is 19.1 Å². The smallest absolute Gasteiger partial charge is 0.307 e. The molecule has 4 aliphatic rings. The zero-order valence-corrected chi connectivity index (χ0v) is 16.6. The molecule has 0 spiro atoms. The van der Waals surface area contributed by atoms with E-state index in [0.717, 1.165) is 41.1 Å². The lowest BCUT2D eigenvalue weighted by molar-refractivity contribution is -0.144. The molecule has 0 fully saturated rings. The lowest BCUT2D eigenvalue weighted by atomic mass is 9.75. The first-order chi connectivity index (χ1) is 14.0. The number of hydrogen-bond acceptors (Lipinski definition) is 5. The van der Waals surface area contributed by atoms with Gasteiger partial charge in [0.2, 0.25) is 0 Å². The van der Waals surface area contributed by atoms with Crippen LogP contribution >= 0.6 is 0 Å². The summed E-state index contributed by atoms with van der Waals surface area (Å²) in [5.41, 5.74) is 4.90. The van der Waals surface area contributed by atoms with Gasteiger partial charge in [0.05, 0.1) is 13.0 Å². The summed E-state index contributed by atoms with van der Waals surface area (Å²) in [5, 5.41) is 0. The van der Waals surface area contributed by atoms with Crippen LogP contribution in [0.3, 0.4) is 0 Å². The maximum atomic E-state index is 12.5. The van der Waals surface area contributed by atoms with Gasteiger partial charge in [-0.05, 0) is 43.7 Å². The van der Waals surface area contributed by atoms with Gasteiger partial charge in [0, 0.05) is 47.0 Å². The summed E-state index contributed by atoms with van der Waals surface area (Å²) in [6.07, 6.45) is 8.03. The summed E-state index contributed by atoms with van der Waals surface area (Å²) in [7, 11) is 0. The number of benzene rings is 1. The highest BCUT2D eigenvalue weighted by molar-refractivity contribution is 6.02. The normalized spacial score (nSPS) is 26.6. The summed E-state index contributed by atoms with van der Waals surface area (Å²) in [6.45, 7) is 5.13. The molecule has 0 radical (unpaired) electrons. The summed E-state index contributed by atoms with van der Waals surface area (Å²) in [4.78, 5) is 26.6. The fourth-order valence-corrected chi connectivity index (χ4v) is 5.00. The van der Waals surface area contributed by atoms with Gasteiger partial charge < -0.3 is 14.4 Å². The SMILES string of the molecule is CCOC(=O)CC1(C)C2=C3C=C4C=CC(=O)C=C4OC3CCN2c2ccccc21. The molecule has 0 N–H and O–H groups in total. The number of ether oxygens (including phenoxy) is 2. The number of carbonyl (C=O) groups excluding carboxylic acids is 2. The molecule has 29 heavy (non-hydrogen) atoms. The van der Waals surface area contributed by atoms with E-state index < -0.39 is 5.41 Å². The Morgan fingerprint density at radius 2 is 2.10 bits per heavy atom. The monoisotopic (exact) mass is 389 g/mol. The third-order valence-electron chi connectivity index (χ3n) is 6.19. The van der Waals surface area contributed by atoms with Crippen molar-refractivity contribution in [3.05, 3.63) is 76.7 Å². The molecule has 3 heterocycles. The number of anilines is 1. The molecule has 1 aromatic rings. The van der Waals surface area contributed by atoms with Crippen molar-refractivity contribution in [2.45, 2.75) is 38.2 Å². The molecule has 3 aliphatic heterocycles. The number of carbonyl (C=O) groups is 2. The number of allylic oxidation sites excluding steroid dienone is 4. The Kier molecular flexibility index (Phi) is 4.02. The van der Waals surface area contributed by atoms with Crippen molar-refractivity contribution in [2.75, 3.05) is 18.1 Å². The Bertz CT molecular complexity index is 1040. The van der Waals surface area contributed by atoms with Crippen molar-refractivity contribution in [3.8, 4) is 0 Å².